The smallest absolute Gasteiger partial charge is 0.242 e. The van der Waals surface area contributed by atoms with Crippen molar-refractivity contribution in [2.24, 2.45) is 0 Å². The zero-order chi connectivity index (χ0) is 22.4. The summed E-state index contributed by atoms with van der Waals surface area (Å²) >= 11 is 0. The van der Waals surface area contributed by atoms with E-state index in [0.29, 0.717) is 19.6 Å². The molecular formula is C24H31N3O4S. The molecule has 2 fully saturated rings. The van der Waals surface area contributed by atoms with Gasteiger partial charge in [0.1, 0.15) is 6.04 Å². The maximum absolute atomic E-state index is 13.3. The van der Waals surface area contributed by atoms with Gasteiger partial charge in [0, 0.05) is 39.3 Å². The summed E-state index contributed by atoms with van der Waals surface area (Å²) < 4.78 is 29.2. The third-order valence-electron chi connectivity index (χ3n) is 6.08. The molecule has 0 spiro atoms. The Kier molecular flexibility index (Phi) is 7.57. The number of carbonyl (C=O) groups excluding carboxylic acids is 1. The molecule has 1 atom stereocenters. The topological polar surface area (TPSA) is 79.0 Å². The van der Waals surface area contributed by atoms with Gasteiger partial charge in [0.2, 0.25) is 5.91 Å². The first-order valence-electron chi connectivity index (χ1n) is 11.2. The molecule has 1 unspecified atom stereocenters. The Balaban J connectivity index is 1.41. The normalized spacial score (nSPS) is 20.5. The average molecular weight is 458 g/mol. The minimum Gasteiger partial charge on any atom is -0.379 e. The minimum absolute atomic E-state index is 0.0905. The fraction of sp³-hybridized carbons (Fsp3) is 0.458. The standard InChI is InChI=1S/C24H31N3O4S/c28-24(23(22-7-2-1-3-8-22)27-11-15-32(29,30)16-12-27)25-18-20-5-4-6-21(17-20)19-26-9-13-31-14-10-26/h1-8,17,23H,9-16,18-19H2,(H,25,28). The van der Waals surface area contributed by atoms with E-state index in [4.69, 9.17) is 4.74 Å². The molecule has 0 saturated carbocycles. The largest absolute Gasteiger partial charge is 0.379 e. The summed E-state index contributed by atoms with van der Waals surface area (Å²) in [4.78, 5) is 17.6. The number of ether oxygens (including phenoxy) is 1. The van der Waals surface area contributed by atoms with Crippen molar-refractivity contribution in [1.82, 2.24) is 15.1 Å². The summed E-state index contributed by atoms with van der Waals surface area (Å²) in [7, 11) is -3.01. The lowest BCUT2D eigenvalue weighted by Gasteiger charge is -2.33. The number of sulfone groups is 1. The summed E-state index contributed by atoms with van der Waals surface area (Å²) in [6.45, 7) is 5.46. The fourth-order valence-electron chi connectivity index (χ4n) is 4.29. The highest BCUT2D eigenvalue weighted by Crippen LogP contribution is 2.23. The van der Waals surface area contributed by atoms with E-state index in [1.54, 1.807) is 0 Å². The van der Waals surface area contributed by atoms with Crippen LogP contribution in [0.3, 0.4) is 0 Å². The molecule has 2 aliphatic rings. The molecule has 1 N–H and O–H groups in total. The number of benzene rings is 2. The van der Waals surface area contributed by atoms with E-state index >= 15 is 0 Å². The van der Waals surface area contributed by atoms with E-state index in [1.165, 1.54) is 5.56 Å². The van der Waals surface area contributed by atoms with Crippen LogP contribution in [0, 0.1) is 0 Å². The van der Waals surface area contributed by atoms with E-state index in [-0.39, 0.29) is 17.4 Å². The number of carbonyl (C=O) groups is 1. The second-order valence-electron chi connectivity index (χ2n) is 8.43. The Morgan fingerprint density at radius 3 is 2.34 bits per heavy atom. The van der Waals surface area contributed by atoms with Crippen LogP contribution in [-0.2, 0) is 32.5 Å². The summed E-state index contributed by atoms with van der Waals surface area (Å²) in [6, 6.07) is 17.4. The summed E-state index contributed by atoms with van der Waals surface area (Å²) in [5.41, 5.74) is 3.15. The van der Waals surface area contributed by atoms with Gasteiger partial charge in [-0.25, -0.2) is 8.42 Å². The van der Waals surface area contributed by atoms with Crippen LogP contribution >= 0.6 is 0 Å². The Bertz CT molecular complexity index is 993. The zero-order valence-corrected chi connectivity index (χ0v) is 19.1. The zero-order valence-electron chi connectivity index (χ0n) is 18.3. The first-order valence-corrected chi connectivity index (χ1v) is 13.0. The molecule has 2 heterocycles. The SMILES string of the molecule is O=C(NCc1cccc(CN2CCOCC2)c1)C(c1ccccc1)N1CCS(=O)(=O)CC1. The van der Waals surface area contributed by atoms with Gasteiger partial charge in [-0.3, -0.25) is 14.6 Å². The number of amides is 1. The average Bonchev–Trinajstić information content (AvgIpc) is 2.81. The third kappa shape index (κ3) is 6.16. The number of nitrogens with one attached hydrogen (secondary N) is 1. The number of nitrogens with zero attached hydrogens (tertiary/aromatic N) is 2. The van der Waals surface area contributed by atoms with Gasteiger partial charge in [-0.15, -0.1) is 0 Å². The molecule has 1 amide bonds. The van der Waals surface area contributed by atoms with Crippen LogP contribution in [0.2, 0.25) is 0 Å². The predicted octanol–water partition coefficient (Wildman–Crippen LogP) is 1.61. The van der Waals surface area contributed by atoms with Crippen LogP contribution in [0.4, 0.5) is 0 Å². The van der Waals surface area contributed by atoms with Gasteiger partial charge in [0.15, 0.2) is 9.84 Å². The van der Waals surface area contributed by atoms with Gasteiger partial charge in [0.05, 0.1) is 24.7 Å². The van der Waals surface area contributed by atoms with Crippen LogP contribution in [-0.4, -0.2) is 75.0 Å². The second-order valence-corrected chi connectivity index (χ2v) is 10.7. The quantitative estimate of drug-likeness (QED) is 0.681. The lowest BCUT2D eigenvalue weighted by Crippen LogP contribution is -2.47. The van der Waals surface area contributed by atoms with Gasteiger partial charge < -0.3 is 10.1 Å². The molecule has 0 radical (unpaired) electrons. The number of rotatable bonds is 7. The minimum atomic E-state index is -3.01. The van der Waals surface area contributed by atoms with E-state index in [1.807, 2.05) is 47.4 Å². The summed E-state index contributed by atoms with van der Waals surface area (Å²) in [5, 5.41) is 3.08. The molecule has 2 saturated heterocycles. The van der Waals surface area contributed by atoms with E-state index in [2.05, 4.69) is 22.3 Å². The summed E-state index contributed by atoms with van der Waals surface area (Å²) in [5.74, 6) is 0.0782. The molecule has 2 aliphatic heterocycles. The highest BCUT2D eigenvalue weighted by atomic mass is 32.2. The first kappa shape index (κ1) is 22.9. The Hall–Kier alpha value is -2.26. The highest BCUT2D eigenvalue weighted by molar-refractivity contribution is 7.91. The Morgan fingerprint density at radius 2 is 1.62 bits per heavy atom. The van der Waals surface area contributed by atoms with Crippen molar-refractivity contribution in [3.8, 4) is 0 Å². The van der Waals surface area contributed by atoms with Gasteiger partial charge in [-0.1, -0.05) is 54.6 Å². The van der Waals surface area contributed by atoms with Crippen molar-refractivity contribution >= 4 is 15.7 Å². The number of morpholine rings is 1. The predicted molar refractivity (Wildman–Crippen MR) is 124 cm³/mol. The van der Waals surface area contributed by atoms with Crippen molar-refractivity contribution < 1.29 is 17.9 Å². The lowest BCUT2D eigenvalue weighted by atomic mass is 10.0. The third-order valence-corrected chi connectivity index (χ3v) is 7.69. The van der Waals surface area contributed by atoms with Gasteiger partial charge in [0.25, 0.3) is 0 Å². The monoisotopic (exact) mass is 457 g/mol. The number of hydrogen-bond acceptors (Lipinski definition) is 6. The molecule has 8 heteroatoms. The molecule has 2 aromatic rings. The van der Waals surface area contributed by atoms with Crippen LogP contribution in [0.15, 0.2) is 54.6 Å². The highest BCUT2D eigenvalue weighted by Gasteiger charge is 2.32. The van der Waals surface area contributed by atoms with Crippen LogP contribution < -0.4 is 5.32 Å². The molecule has 4 rings (SSSR count). The van der Waals surface area contributed by atoms with Crippen LogP contribution in [0.5, 0.6) is 0 Å². The summed E-state index contributed by atoms with van der Waals surface area (Å²) in [6.07, 6.45) is 0. The van der Waals surface area contributed by atoms with E-state index < -0.39 is 15.9 Å². The molecule has 32 heavy (non-hydrogen) atoms. The molecule has 0 aromatic heterocycles. The Labute approximate surface area is 190 Å². The van der Waals surface area contributed by atoms with Crippen molar-refractivity contribution in [2.45, 2.75) is 19.1 Å². The van der Waals surface area contributed by atoms with Crippen molar-refractivity contribution in [3.63, 3.8) is 0 Å². The second kappa shape index (κ2) is 10.6. The molecule has 7 nitrogen and oxygen atoms in total. The fourth-order valence-corrected chi connectivity index (χ4v) is 5.52. The van der Waals surface area contributed by atoms with Crippen molar-refractivity contribution in [2.75, 3.05) is 50.9 Å². The molecular weight excluding hydrogens is 426 g/mol. The van der Waals surface area contributed by atoms with Gasteiger partial charge in [-0.05, 0) is 16.7 Å². The van der Waals surface area contributed by atoms with Gasteiger partial charge in [-0.2, -0.15) is 0 Å². The van der Waals surface area contributed by atoms with Crippen molar-refractivity contribution in [1.29, 1.82) is 0 Å². The maximum atomic E-state index is 13.3. The van der Waals surface area contributed by atoms with E-state index in [9.17, 15) is 13.2 Å². The van der Waals surface area contributed by atoms with Crippen molar-refractivity contribution in [3.05, 3.63) is 71.3 Å². The van der Waals surface area contributed by atoms with E-state index in [0.717, 1.165) is 44.0 Å². The molecule has 2 aromatic carbocycles. The Morgan fingerprint density at radius 1 is 0.938 bits per heavy atom. The molecule has 0 aliphatic carbocycles. The first-order chi connectivity index (χ1) is 15.5. The number of hydrogen-bond donors (Lipinski definition) is 1. The lowest BCUT2D eigenvalue weighted by molar-refractivity contribution is -0.126. The van der Waals surface area contributed by atoms with Gasteiger partial charge >= 0.3 is 0 Å². The maximum Gasteiger partial charge on any atom is 0.242 e. The molecule has 0 bridgehead atoms. The van der Waals surface area contributed by atoms with Crippen LogP contribution in [0.1, 0.15) is 22.7 Å². The molecule has 172 valence electrons. The van der Waals surface area contributed by atoms with Crippen LogP contribution in [0.25, 0.3) is 0 Å².